The van der Waals surface area contributed by atoms with Crippen LogP contribution in [0.25, 0.3) is 0 Å². The standard InChI is InChI=1S/C12H14F3NO3.ClH/c1-16-6-7-18-11(17)9-2-4-10(5-3-9)19-8-12(13,14)15;/h2-5,16H,6-8H2,1H3;1H. The zero-order valence-corrected chi connectivity index (χ0v) is 11.5. The van der Waals surface area contributed by atoms with Crippen LogP contribution in [0.4, 0.5) is 13.2 Å². The van der Waals surface area contributed by atoms with Gasteiger partial charge in [-0.05, 0) is 31.3 Å². The zero-order chi connectivity index (χ0) is 14.3. The second-order valence-electron chi connectivity index (χ2n) is 3.67. The van der Waals surface area contributed by atoms with Gasteiger partial charge in [0.15, 0.2) is 6.61 Å². The molecule has 0 aliphatic carbocycles. The first kappa shape index (κ1) is 18.5. The maximum Gasteiger partial charge on any atom is 0.422 e. The van der Waals surface area contributed by atoms with Crippen LogP contribution in [0.1, 0.15) is 10.4 Å². The van der Waals surface area contributed by atoms with E-state index in [0.717, 1.165) is 0 Å². The fraction of sp³-hybridized carbons (Fsp3) is 0.417. The first-order chi connectivity index (χ1) is 8.92. The van der Waals surface area contributed by atoms with Crippen LogP contribution in [0.5, 0.6) is 5.75 Å². The van der Waals surface area contributed by atoms with Gasteiger partial charge in [-0.3, -0.25) is 0 Å². The molecule has 8 heteroatoms. The molecule has 4 nitrogen and oxygen atoms in total. The topological polar surface area (TPSA) is 47.6 Å². The molecule has 0 heterocycles. The Morgan fingerprint density at radius 3 is 2.35 bits per heavy atom. The van der Waals surface area contributed by atoms with E-state index in [1.807, 2.05) is 0 Å². The lowest BCUT2D eigenvalue weighted by molar-refractivity contribution is -0.153. The second kappa shape index (κ2) is 8.65. The third kappa shape index (κ3) is 7.20. The number of esters is 1. The molecule has 1 aromatic carbocycles. The molecule has 20 heavy (non-hydrogen) atoms. The summed E-state index contributed by atoms with van der Waals surface area (Å²) in [6, 6.07) is 5.29. The number of rotatable bonds is 6. The van der Waals surface area contributed by atoms with Crippen molar-refractivity contribution in [3.63, 3.8) is 0 Å². The number of carbonyl (C=O) groups excluding carboxylic acids is 1. The van der Waals surface area contributed by atoms with E-state index >= 15 is 0 Å². The molecule has 0 saturated carbocycles. The minimum Gasteiger partial charge on any atom is -0.484 e. The summed E-state index contributed by atoms with van der Waals surface area (Å²) in [6.45, 7) is -0.612. The van der Waals surface area contributed by atoms with Crippen LogP contribution in [0.15, 0.2) is 24.3 Å². The fourth-order valence-electron chi connectivity index (χ4n) is 1.18. The molecule has 0 saturated heterocycles. The molecule has 0 fully saturated rings. The smallest absolute Gasteiger partial charge is 0.422 e. The molecule has 0 spiro atoms. The average molecular weight is 314 g/mol. The predicted octanol–water partition coefficient (Wildman–Crippen LogP) is 2.43. The monoisotopic (exact) mass is 313 g/mol. The van der Waals surface area contributed by atoms with Gasteiger partial charge >= 0.3 is 12.1 Å². The molecule has 0 unspecified atom stereocenters. The van der Waals surface area contributed by atoms with Gasteiger partial charge in [0.2, 0.25) is 0 Å². The van der Waals surface area contributed by atoms with Crippen LogP contribution in [-0.2, 0) is 4.74 Å². The summed E-state index contributed by atoms with van der Waals surface area (Å²) < 4.78 is 45.2. The quantitative estimate of drug-likeness (QED) is 0.647. The number of nitrogens with one attached hydrogen (secondary N) is 1. The molecule has 0 amide bonds. The van der Waals surface area contributed by atoms with Crippen molar-refractivity contribution in [3.05, 3.63) is 29.8 Å². The van der Waals surface area contributed by atoms with Crippen LogP contribution >= 0.6 is 12.4 Å². The molecule has 1 rings (SSSR count). The van der Waals surface area contributed by atoms with Gasteiger partial charge in [0.1, 0.15) is 12.4 Å². The zero-order valence-electron chi connectivity index (χ0n) is 10.7. The molecular formula is C12H15ClF3NO3. The molecule has 0 aliphatic rings. The minimum atomic E-state index is -4.38. The molecule has 0 aromatic heterocycles. The lowest BCUT2D eigenvalue weighted by atomic mass is 10.2. The highest BCUT2D eigenvalue weighted by Gasteiger charge is 2.28. The van der Waals surface area contributed by atoms with Crippen LogP contribution in [0.2, 0.25) is 0 Å². The van der Waals surface area contributed by atoms with Gasteiger partial charge in [0.05, 0.1) is 5.56 Å². The van der Waals surface area contributed by atoms with E-state index in [4.69, 9.17) is 4.74 Å². The molecule has 1 N–H and O–H groups in total. The Morgan fingerprint density at radius 2 is 1.85 bits per heavy atom. The van der Waals surface area contributed by atoms with E-state index in [1.54, 1.807) is 7.05 Å². The lowest BCUT2D eigenvalue weighted by Crippen LogP contribution is -2.19. The van der Waals surface area contributed by atoms with Crippen molar-refractivity contribution in [2.24, 2.45) is 0 Å². The first-order valence-corrected chi connectivity index (χ1v) is 5.54. The van der Waals surface area contributed by atoms with Crippen LogP contribution < -0.4 is 10.1 Å². The first-order valence-electron chi connectivity index (χ1n) is 5.54. The van der Waals surface area contributed by atoms with Crippen molar-refractivity contribution in [3.8, 4) is 5.75 Å². The van der Waals surface area contributed by atoms with Gasteiger partial charge in [-0.2, -0.15) is 13.2 Å². The van der Waals surface area contributed by atoms with Crippen molar-refractivity contribution in [1.82, 2.24) is 5.32 Å². The number of ether oxygens (including phenoxy) is 2. The number of likely N-dealkylation sites (N-methyl/N-ethyl adjacent to an activating group) is 1. The van der Waals surface area contributed by atoms with E-state index in [9.17, 15) is 18.0 Å². The molecular weight excluding hydrogens is 299 g/mol. The minimum absolute atomic E-state index is 0. The number of carbonyl (C=O) groups is 1. The highest BCUT2D eigenvalue weighted by molar-refractivity contribution is 5.89. The predicted molar refractivity (Wildman–Crippen MR) is 69.4 cm³/mol. The number of benzene rings is 1. The Kier molecular flexibility index (Phi) is 8.02. The number of alkyl halides is 3. The van der Waals surface area contributed by atoms with Crippen molar-refractivity contribution in [2.45, 2.75) is 6.18 Å². The molecule has 0 radical (unpaired) electrons. The summed E-state index contributed by atoms with van der Waals surface area (Å²) in [5, 5.41) is 2.81. The summed E-state index contributed by atoms with van der Waals surface area (Å²) in [5.41, 5.74) is 0.260. The van der Waals surface area contributed by atoms with E-state index in [-0.39, 0.29) is 30.3 Å². The Bertz CT molecular complexity index is 409. The number of hydrogen-bond acceptors (Lipinski definition) is 4. The van der Waals surface area contributed by atoms with E-state index in [0.29, 0.717) is 6.54 Å². The average Bonchev–Trinajstić information content (AvgIpc) is 2.36. The Morgan fingerprint density at radius 1 is 1.25 bits per heavy atom. The largest absolute Gasteiger partial charge is 0.484 e. The van der Waals surface area contributed by atoms with Crippen molar-refractivity contribution >= 4 is 18.4 Å². The molecule has 0 bridgehead atoms. The van der Waals surface area contributed by atoms with Crippen LogP contribution in [-0.4, -0.2) is 39.0 Å². The lowest BCUT2D eigenvalue weighted by Gasteiger charge is -2.09. The maximum atomic E-state index is 11.9. The maximum absolute atomic E-state index is 11.9. The van der Waals surface area contributed by atoms with Gasteiger partial charge in [-0.1, -0.05) is 0 Å². The molecule has 0 atom stereocenters. The van der Waals surface area contributed by atoms with Crippen molar-refractivity contribution in [1.29, 1.82) is 0 Å². The number of halogens is 4. The van der Waals surface area contributed by atoms with Crippen LogP contribution in [0.3, 0.4) is 0 Å². The molecule has 1 aromatic rings. The molecule has 114 valence electrons. The van der Waals surface area contributed by atoms with E-state index in [2.05, 4.69) is 10.1 Å². The molecule has 0 aliphatic heterocycles. The number of hydrogen-bond donors (Lipinski definition) is 1. The third-order valence-electron chi connectivity index (χ3n) is 2.08. The fourth-order valence-corrected chi connectivity index (χ4v) is 1.18. The van der Waals surface area contributed by atoms with Crippen molar-refractivity contribution in [2.75, 3.05) is 26.8 Å². The van der Waals surface area contributed by atoms with E-state index < -0.39 is 18.8 Å². The summed E-state index contributed by atoms with van der Waals surface area (Å²) in [6.07, 6.45) is -4.38. The van der Waals surface area contributed by atoms with Gasteiger partial charge < -0.3 is 14.8 Å². The summed E-state index contributed by atoms with van der Waals surface area (Å²) in [5.74, 6) is -0.485. The highest BCUT2D eigenvalue weighted by Crippen LogP contribution is 2.19. The Labute approximate surface area is 120 Å². The Hall–Kier alpha value is -1.47. The second-order valence-corrected chi connectivity index (χ2v) is 3.67. The van der Waals surface area contributed by atoms with Gasteiger partial charge in [-0.15, -0.1) is 12.4 Å². The highest BCUT2D eigenvalue weighted by atomic mass is 35.5. The van der Waals surface area contributed by atoms with Crippen molar-refractivity contribution < 1.29 is 27.4 Å². The Balaban J connectivity index is 0.00000361. The van der Waals surface area contributed by atoms with Crippen LogP contribution in [0, 0.1) is 0 Å². The normalized spacial score (nSPS) is 10.6. The summed E-state index contributed by atoms with van der Waals surface area (Å²) in [7, 11) is 1.72. The van der Waals surface area contributed by atoms with Gasteiger partial charge in [0, 0.05) is 6.54 Å². The van der Waals surface area contributed by atoms with E-state index in [1.165, 1.54) is 24.3 Å². The summed E-state index contributed by atoms with van der Waals surface area (Å²) >= 11 is 0. The van der Waals surface area contributed by atoms with Gasteiger partial charge in [-0.25, -0.2) is 4.79 Å². The SMILES string of the molecule is CNCCOC(=O)c1ccc(OCC(F)(F)F)cc1.Cl. The third-order valence-corrected chi connectivity index (χ3v) is 2.08. The summed E-state index contributed by atoms with van der Waals surface area (Å²) in [4.78, 5) is 11.5. The van der Waals surface area contributed by atoms with Gasteiger partial charge in [0.25, 0.3) is 0 Å².